The van der Waals surface area contributed by atoms with E-state index in [1.165, 1.54) is 0 Å². The van der Waals surface area contributed by atoms with Gasteiger partial charge in [-0.3, -0.25) is 4.79 Å². The first-order valence-electron chi connectivity index (χ1n) is 6.97. The molecule has 0 unspecified atom stereocenters. The monoisotopic (exact) mass is 284 g/mol. The van der Waals surface area contributed by atoms with Gasteiger partial charge in [-0.05, 0) is 42.7 Å². The van der Waals surface area contributed by atoms with Gasteiger partial charge in [-0.1, -0.05) is 31.2 Å². The molecule has 0 fully saturated rings. The van der Waals surface area contributed by atoms with Crippen molar-refractivity contribution in [2.75, 3.05) is 17.7 Å². The average Bonchev–Trinajstić information content (AvgIpc) is 2.50. The van der Waals surface area contributed by atoms with Crippen LogP contribution in [0.1, 0.15) is 18.1 Å². The van der Waals surface area contributed by atoms with E-state index < -0.39 is 0 Å². The Bertz CT molecular complexity index is 638. The Kier molecular flexibility index (Phi) is 4.82. The SMILES string of the molecule is CCc1ccccc1OCC(=O)Nc1cccc(N)c1C. The number of nitrogens with two attached hydrogens (primary N) is 1. The summed E-state index contributed by atoms with van der Waals surface area (Å²) in [6.07, 6.45) is 0.867. The number of carbonyl (C=O) groups excluding carboxylic acids is 1. The number of carbonyl (C=O) groups is 1. The van der Waals surface area contributed by atoms with Crippen LogP contribution in [0.15, 0.2) is 42.5 Å². The number of rotatable bonds is 5. The summed E-state index contributed by atoms with van der Waals surface area (Å²) in [6, 6.07) is 13.2. The zero-order valence-electron chi connectivity index (χ0n) is 12.3. The fourth-order valence-electron chi connectivity index (χ4n) is 2.06. The minimum absolute atomic E-state index is 0.0226. The van der Waals surface area contributed by atoms with Crippen LogP contribution in [0, 0.1) is 6.92 Å². The van der Waals surface area contributed by atoms with Crippen molar-refractivity contribution in [2.24, 2.45) is 0 Å². The molecule has 2 aromatic carbocycles. The second-order valence-corrected chi connectivity index (χ2v) is 4.82. The molecule has 0 bridgehead atoms. The number of benzene rings is 2. The maximum Gasteiger partial charge on any atom is 0.262 e. The van der Waals surface area contributed by atoms with Gasteiger partial charge in [-0.2, -0.15) is 0 Å². The lowest BCUT2D eigenvalue weighted by Crippen LogP contribution is -2.21. The molecule has 2 rings (SSSR count). The summed E-state index contributed by atoms with van der Waals surface area (Å²) in [7, 11) is 0. The molecule has 0 heterocycles. The Balaban J connectivity index is 1.98. The number of anilines is 2. The van der Waals surface area contributed by atoms with Gasteiger partial charge in [0, 0.05) is 11.4 Å². The molecule has 0 saturated heterocycles. The Labute approximate surface area is 124 Å². The maximum atomic E-state index is 12.0. The molecule has 3 N–H and O–H groups in total. The van der Waals surface area contributed by atoms with Gasteiger partial charge in [0.2, 0.25) is 0 Å². The van der Waals surface area contributed by atoms with Crippen molar-refractivity contribution in [1.29, 1.82) is 0 Å². The van der Waals surface area contributed by atoms with Gasteiger partial charge < -0.3 is 15.8 Å². The van der Waals surface area contributed by atoms with Crippen molar-refractivity contribution in [3.8, 4) is 5.75 Å². The van der Waals surface area contributed by atoms with Crippen molar-refractivity contribution < 1.29 is 9.53 Å². The number of amides is 1. The highest BCUT2D eigenvalue weighted by molar-refractivity contribution is 5.93. The molecular formula is C17H20N2O2. The summed E-state index contributed by atoms with van der Waals surface area (Å²) < 4.78 is 5.59. The first-order valence-corrected chi connectivity index (χ1v) is 6.97. The van der Waals surface area contributed by atoms with E-state index in [0.29, 0.717) is 11.4 Å². The number of hydrogen-bond donors (Lipinski definition) is 2. The molecule has 0 saturated carbocycles. The molecule has 4 nitrogen and oxygen atoms in total. The van der Waals surface area contributed by atoms with Crippen LogP contribution >= 0.6 is 0 Å². The lowest BCUT2D eigenvalue weighted by molar-refractivity contribution is -0.118. The normalized spacial score (nSPS) is 10.2. The van der Waals surface area contributed by atoms with E-state index in [0.717, 1.165) is 23.3 Å². The first kappa shape index (κ1) is 14.9. The van der Waals surface area contributed by atoms with Gasteiger partial charge in [-0.15, -0.1) is 0 Å². The van der Waals surface area contributed by atoms with Gasteiger partial charge in [0.15, 0.2) is 6.61 Å². The molecular weight excluding hydrogens is 264 g/mol. The van der Waals surface area contributed by atoms with Crippen LogP contribution in [0.25, 0.3) is 0 Å². The van der Waals surface area contributed by atoms with Crippen molar-refractivity contribution in [3.05, 3.63) is 53.6 Å². The van der Waals surface area contributed by atoms with Crippen LogP contribution in [0.5, 0.6) is 5.75 Å². The third-order valence-electron chi connectivity index (χ3n) is 3.36. The number of ether oxygens (including phenoxy) is 1. The van der Waals surface area contributed by atoms with E-state index >= 15 is 0 Å². The van der Waals surface area contributed by atoms with Crippen molar-refractivity contribution in [3.63, 3.8) is 0 Å². The van der Waals surface area contributed by atoms with Crippen LogP contribution in [0.2, 0.25) is 0 Å². The second kappa shape index (κ2) is 6.79. The van der Waals surface area contributed by atoms with Crippen molar-refractivity contribution in [1.82, 2.24) is 0 Å². The Hall–Kier alpha value is -2.49. The fraction of sp³-hybridized carbons (Fsp3) is 0.235. The highest BCUT2D eigenvalue weighted by atomic mass is 16.5. The standard InChI is InChI=1S/C17H20N2O2/c1-3-13-7-4-5-10-16(13)21-11-17(20)19-15-9-6-8-14(18)12(15)2/h4-10H,3,11,18H2,1-2H3,(H,19,20). The van der Waals surface area contributed by atoms with E-state index in [4.69, 9.17) is 10.5 Å². The Morgan fingerprint density at radius 2 is 1.95 bits per heavy atom. The summed E-state index contributed by atoms with van der Waals surface area (Å²) >= 11 is 0. The second-order valence-electron chi connectivity index (χ2n) is 4.82. The van der Waals surface area contributed by atoms with Crippen LogP contribution in [0.4, 0.5) is 11.4 Å². The van der Waals surface area contributed by atoms with Crippen LogP contribution in [-0.4, -0.2) is 12.5 Å². The summed E-state index contributed by atoms with van der Waals surface area (Å²) in [5.41, 5.74) is 9.14. The lowest BCUT2D eigenvalue weighted by atomic mass is 10.1. The Morgan fingerprint density at radius 3 is 2.71 bits per heavy atom. The Morgan fingerprint density at radius 1 is 1.19 bits per heavy atom. The maximum absolute atomic E-state index is 12.0. The predicted octanol–water partition coefficient (Wildman–Crippen LogP) is 3.16. The smallest absolute Gasteiger partial charge is 0.262 e. The van der Waals surface area contributed by atoms with Crippen LogP contribution in [-0.2, 0) is 11.2 Å². The summed E-state index contributed by atoms with van der Waals surface area (Å²) in [6.45, 7) is 3.90. The van der Waals surface area contributed by atoms with Gasteiger partial charge in [0.1, 0.15) is 5.75 Å². The molecule has 0 aliphatic rings. The number of nitrogens with one attached hydrogen (secondary N) is 1. The highest BCUT2D eigenvalue weighted by Gasteiger charge is 2.08. The minimum atomic E-state index is -0.199. The van der Waals surface area contributed by atoms with Crippen LogP contribution in [0.3, 0.4) is 0 Å². The third kappa shape index (κ3) is 3.75. The van der Waals surface area contributed by atoms with Gasteiger partial charge >= 0.3 is 0 Å². The van der Waals surface area contributed by atoms with E-state index in [1.807, 2.05) is 43.3 Å². The van der Waals surface area contributed by atoms with E-state index in [1.54, 1.807) is 6.07 Å². The zero-order chi connectivity index (χ0) is 15.2. The largest absolute Gasteiger partial charge is 0.483 e. The number of aryl methyl sites for hydroxylation is 1. The molecule has 0 aromatic heterocycles. The van der Waals surface area contributed by atoms with Gasteiger partial charge in [0.25, 0.3) is 5.91 Å². The summed E-state index contributed by atoms with van der Waals surface area (Å²) in [4.78, 5) is 12.0. The first-order chi connectivity index (χ1) is 10.1. The number of nitrogen functional groups attached to an aromatic ring is 1. The zero-order valence-corrected chi connectivity index (χ0v) is 12.3. The third-order valence-corrected chi connectivity index (χ3v) is 3.36. The molecule has 0 spiro atoms. The highest BCUT2D eigenvalue weighted by Crippen LogP contribution is 2.21. The van der Waals surface area contributed by atoms with E-state index in [2.05, 4.69) is 12.2 Å². The number of hydrogen-bond acceptors (Lipinski definition) is 3. The predicted molar refractivity (Wildman–Crippen MR) is 85.5 cm³/mol. The molecule has 1 amide bonds. The molecule has 0 atom stereocenters. The van der Waals surface area contributed by atoms with Crippen LogP contribution < -0.4 is 15.8 Å². The van der Waals surface area contributed by atoms with Gasteiger partial charge in [-0.25, -0.2) is 0 Å². The van der Waals surface area contributed by atoms with E-state index in [9.17, 15) is 4.79 Å². The quantitative estimate of drug-likeness (QED) is 0.829. The summed E-state index contributed by atoms with van der Waals surface area (Å²) in [5.74, 6) is 0.550. The van der Waals surface area contributed by atoms with E-state index in [-0.39, 0.29) is 12.5 Å². The topological polar surface area (TPSA) is 64.3 Å². The molecule has 4 heteroatoms. The lowest BCUT2D eigenvalue weighted by Gasteiger charge is -2.12. The van der Waals surface area contributed by atoms with Crippen molar-refractivity contribution in [2.45, 2.75) is 20.3 Å². The summed E-state index contributed by atoms with van der Waals surface area (Å²) in [5, 5.41) is 2.81. The fourth-order valence-corrected chi connectivity index (χ4v) is 2.06. The molecule has 0 aliphatic carbocycles. The number of para-hydroxylation sites is 1. The minimum Gasteiger partial charge on any atom is -0.483 e. The van der Waals surface area contributed by atoms with Gasteiger partial charge in [0.05, 0.1) is 0 Å². The molecule has 0 aliphatic heterocycles. The average molecular weight is 284 g/mol. The van der Waals surface area contributed by atoms with Crippen molar-refractivity contribution >= 4 is 17.3 Å². The molecule has 2 aromatic rings. The molecule has 0 radical (unpaired) electrons. The molecule has 110 valence electrons. The molecule has 21 heavy (non-hydrogen) atoms.